The second kappa shape index (κ2) is 7.47. The zero-order valence-corrected chi connectivity index (χ0v) is 14.7. The fourth-order valence-electron chi connectivity index (χ4n) is 3.11. The van der Waals surface area contributed by atoms with E-state index in [-0.39, 0.29) is 0 Å². The van der Waals surface area contributed by atoms with Crippen LogP contribution in [0.2, 0.25) is 0 Å². The van der Waals surface area contributed by atoms with E-state index in [4.69, 9.17) is 0 Å². The van der Waals surface area contributed by atoms with Gasteiger partial charge < -0.3 is 15.2 Å². The van der Waals surface area contributed by atoms with E-state index in [0.29, 0.717) is 12.0 Å². The molecule has 24 heavy (non-hydrogen) atoms. The van der Waals surface area contributed by atoms with Crippen molar-refractivity contribution in [2.24, 2.45) is 4.99 Å². The number of benzene rings is 1. The van der Waals surface area contributed by atoms with Crippen LogP contribution in [-0.4, -0.2) is 40.4 Å². The number of rotatable bonds is 6. The SMILES string of the molecule is CCc1nncn1CCNC(=NC)NC1CC1c1ccccc1C. The molecule has 3 rings (SSSR count). The molecule has 0 bridgehead atoms. The van der Waals surface area contributed by atoms with Crippen molar-refractivity contribution in [3.05, 3.63) is 47.5 Å². The zero-order valence-electron chi connectivity index (χ0n) is 14.7. The number of hydrogen-bond acceptors (Lipinski definition) is 3. The minimum atomic E-state index is 0.471. The second-order valence-electron chi connectivity index (χ2n) is 6.24. The van der Waals surface area contributed by atoms with Gasteiger partial charge in [0.1, 0.15) is 12.2 Å². The third kappa shape index (κ3) is 3.75. The van der Waals surface area contributed by atoms with Crippen LogP contribution in [0.5, 0.6) is 0 Å². The molecule has 6 heteroatoms. The summed E-state index contributed by atoms with van der Waals surface area (Å²) in [6.07, 6.45) is 3.84. The summed E-state index contributed by atoms with van der Waals surface area (Å²) in [5, 5.41) is 15.0. The van der Waals surface area contributed by atoms with Gasteiger partial charge in [0.2, 0.25) is 0 Å². The Hall–Kier alpha value is -2.37. The van der Waals surface area contributed by atoms with Crippen LogP contribution in [0.25, 0.3) is 0 Å². The summed E-state index contributed by atoms with van der Waals surface area (Å²) in [7, 11) is 1.82. The van der Waals surface area contributed by atoms with Crippen molar-refractivity contribution in [3.63, 3.8) is 0 Å². The molecule has 0 radical (unpaired) electrons. The molecule has 1 aromatic heterocycles. The van der Waals surface area contributed by atoms with Crippen LogP contribution in [-0.2, 0) is 13.0 Å². The van der Waals surface area contributed by atoms with Gasteiger partial charge >= 0.3 is 0 Å². The molecule has 1 aromatic carbocycles. The van der Waals surface area contributed by atoms with Gasteiger partial charge in [0, 0.05) is 38.5 Å². The number of nitrogens with one attached hydrogen (secondary N) is 2. The normalized spacial score (nSPS) is 20.0. The van der Waals surface area contributed by atoms with Gasteiger partial charge in [-0.1, -0.05) is 31.2 Å². The predicted molar refractivity (Wildman–Crippen MR) is 96.2 cm³/mol. The minimum Gasteiger partial charge on any atom is -0.355 e. The van der Waals surface area contributed by atoms with E-state index in [1.807, 2.05) is 7.05 Å². The van der Waals surface area contributed by atoms with Crippen LogP contribution in [0.3, 0.4) is 0 Å². The summed E-state index contributed by atoms with van der Waals surface area (Å²) in [6.45, 7) is 5.91. The molecule has 1 fully saturated rings. The van der Waals surface area contributed by atoms with E-state index in [1.54, 1.807) is 6.33 Å². The molecule has 1 aliphatic carbocycles. The zero-order chi connectivity index (χ0) is 16.9. The maximum absolute atomic E-state index is 4.33. The molecule has 2 N–H and O–H groups in total. The Labute approximate surface area is 143 Å². The number of aryl methyl sites for hydroxylation is 2. The highest BCUT2D eigenvalue weighted by Gasteiger charge is 2.39. The molecule has 1 aliphatic rings. The van der Waals surface area contributed by atoms with Gasteiger partial charge in [-0.05, 0) is 24.5 Å². The van der Waals surface area contributed by atoms with Crippen molar-refractivity contribution < 1.29 is 0 Å². The summed E-state index contributed by atoms with van der Waals surface area (Å²) in [5.41, 5.74) is 2.82. The molecule has 0 saturated heterocycles. The Balaban J connectivity index is 1.47. The van der Waals surface area contributed by atoms with Gasteiger partial charge in [-0.15, -0.1) is 10.2 Å². The van der Waals surface area contributed by atoms with E-state index in [2.05, 4.69) is 68.5 Å². The molecule has 6 nitrogen and oxygen atoms in total. The largest absolute Gasteiger partial charge is 0.355 e. The first kappa shape index (κ1) is 16.5. The first-order chi connectivity index (χ1) is 11.7. The van der Waals surface area contributed by atoms with Gasteiger partial charge in [-0.3, -0.25) is 4.99 Å². The topological polar surface area (TPSA) is 67.1 Å². The summed E-state index contributed by atoms with van der Waals surface area (Å²) in [4.78, 5) is 4.33. The van der Waals surface area contributed by atoms with Gasteiger partial charge in [0.25, 0.3) is 0 Å². The van der Waals surface area contributed by atoms with Crippen molar-refractivity contribution in [2.45, 2.75) is 45.2 Å². The molecule has 0 aliphatic heterocycles. The summed E-state index contributed by atoms with van der Waals surface area (Å²) in [6, 6.07) is 9.10. The Bertz CT molecular complexity index is 705. The molecule has 0 amide bonds. The molecule has 1 heterocycles. The molecule has 2 aromatic rings. The fourth-order valence-corrected chi connectivity index (χ4v) is 3.11. The average Bonchev–Trinajstić information content (AvgIpc) is 3.20. The number of hydrogen-bond donors (Lipinski definition) is 2. The van der Waals surface area contributed by atoms with Crippen molar-refractivity contribution in [1.82, 2.24) is 25.4 Å². The lowest BCUT2D eigenvalue weighted by atomic mass is 10.0. The van der Waals surface area contributed by atoms with Gasteiger partial charge in [0.15, 0.2) is 5.96 Å². The lowest BCUT2D eigenvalue weighted by Crippen LogP contribution is -2.40. The highest BCUT2D eigenvalue weighted by atomic mass is 15.3. The average molecular weight is 326 g/mol. The molecular weight excluding hydrogens is 300 g/mol. The molecule has 2 atom stereocenters. The molecule has 128 valence electrons. The number of guanidine groups is 1. The van der Waals surface area contributed by atoms with Crippen LogP contribution >= 0.6 is 0 Å². The second-order valence-corrected chi connectivity index (χ2v) is 6.24. The molecule has 1 saturated carbocycles. The number of aromatic nitrogens is 3. The number of nitrogens with zero attached hydrogens (tertiary/aromatic N) is 4. The van der Waals surface area contributed by atoms with E-state index in [9.17, 15) is 0 Å². The quantitative estimate of drug-likeness (QED) is 0.628. The van der Waals surface area contributed by atoms with Crippen molar-refractivity contribution >= 4 is 5.96 Å². The summed E-state index contributed by atoms with van der Waals surface area (Å²) >= 11 is 0. The monoisotopic (exact) mass is 326 g/mol. The van der Waals surface area contributed by atoms with Gasteiger partial charge in [0.05, 0.1) is 0 Å². The van der Waals surface area contributed by atoms with Crippen molar-refractivity contribution in [2.75, 3.05) is 13.6 Å². The van der Waals surface area contributed by atoms with E-state index in [0.717, 1.165) is 37.7 Å². The first-order valence-corrected chi connectivity index (χ1v) is 8.62. The summed E-state index contributed by atoms with van der Waals surface area (Å²) in [5.74, 6) is 2.47. The summed E-state index contributed by atoms with van der Waals surface area (Å²) < 4.78 is 2.08. The predicted octanol–water partition coefficient (Wildman–Crippen LogP) is 1.87. The van der Waals surface area contributed by atoms with E-state index >= 15 is 0 Å². The van der Waals surface area contributed by atoms with Crippen LogP contribution in [0.15, 0.2) is 35.6 Å². The van der Waals surface area contributed by atoms with Crippen LogP contribution in [0, 0.1) is 6.92 Å². The van der Waals surface area contributed by atoms with Crippen LogP contribution in [0.4, 0.5) is 0 Å². The smallest absolute Gasteiger partial charge is 0.191 e. The minimum absolute atomic E-state index is 0.471. The maximum Gasteiger partial charge on any atom is 0.191 e. The molecule has 0 spiro atoms. The molecular formula is C18H26N6. The third-order valence-electron chi connectivity index (χ3n) is 4.58. The third-order valence-corrected chi connectivity index (χ3v) is 4.58. The fraction of sp³-hybridized carbons (Fsp3) is 0.500. The van der Waals surface area contributed by atoms with Crippen molar-refractivity contribution in [3.8, 4) is 0 Å². The van der Waals surface area contributed by atoms with Gasteiger partial charge in [-0.25, -0.2) is 0 Å². The van der Waals surface area contributed by atoms with Crippen LogP contribution in [0.1, 0.15) is 36.2 Å². The van der Waals surface area contributed by atoms with E-state index < -0.39 is 0 Å². The number of aliphatic imine (C=N–C) groups is 1. The lowest BCUT2D eigenvalue weighted by Gasteiger charge is -2.13. The first-order valence-electron chi connectivity index (χ1n) is 8.62. The van der Waals surface area contributed by atoms with Gasteiger partial charge in [-0.2, -0.15) is 0 Å². The Morgan fingerprint density at radius 2 is 2.21 bits per heavy atom. The molecule has 2 unspecified atom stereocenters. The Morgan fingerprint density at radius 1 is 1.38 bits per heavy atom. The lowest BCUT2D eigenvalue weighted by molar-refractivity contribution is 0.631. The van der Waals surface area contributed by atoms with Crippen LogP contribution < -0.4 is 10.6 Å². The standard InChI is InChI=1S/C18H26N6/c1-4-17-23-21-12-24(17)10-9-20-18(19-3)22-16-11-15(16)14-8-6-5-7-13(14)2/h5-8,12,15-16H,4,9-11H2,1-3H3,(H2,19,20,22). The Morgan fingerprint density at radius 3 is 2.96 bits per heavy atom. The highest BCUT2D eigenvalue weighted by Crippen LogP contribution is 2.41. The Kier molecular flexibility index (Phi) is 5.13. The highest BCUT2D eigenvalue weighted by molar-refractivity contribution is 5.80. The van der Waals surface area contributed by atoms with E-state index in [1.165, 1.54) is 11.1 Å². The van der Waals surface area contributed by atoms with Crippen molar-refractivity contribution in [1.29, 1.82) is 0 Å². The maximum atomic E-state index is 4.33.